The number of hydrogen-bond donors (Lipinski definition) is 3. The van der Waals surface area contributed by atoms with Crippen LogP contribution in [-0.4, -0.2) is 63.8 Å². The fourth-order valence-electron chi connectivity index (χ4n) is 5.01. The standard InChI is InChI=1S/C26H31ClO7/c1-3-15-5-7-16(8-6-15)11-18-12-19-17(13-20(18)27)9-10-26(19)24(30)23(29)22(28)21(34-26)14-33-25(31)32-4-2/h5-8,12-13,21-24,28-30H,3-4,9-11,14H2,1-2H3/p+1/t21-,22-,23+,24-,26+/m1/s1. The van der Waals surface area contributed by atoms with Crippen molar-refractivity contribution in [2.24, 2.45) is 0 Å². The highest BCUT2D eigenvalue weighted by atomic mass is 35.5. The Morgan fingerprint density at radius 1 is 1.09 bits per heavy atom. The van der Waals surface area contributed by atoms with E-state index in [9.17, 15) is 20.1 Å². The molecule has 34 heavy (non-hydrogen) atoms. The van der Waals surface area contributed by atoms with E-state index in [-0.39, 0.29) is 13.2 Å². The number of aliphatic hydroxyl groups is 5. The third-order valence-electron chi connectivity index (χ3n) is 6.93. The van der Waals surface area contributed by atoms with Gasteiger partial charge in [0, 0.05) is 17.0 Å². The molecular formula is C26H32ClO7+. The van der Waals surface area contributed by atoms with Crippen LogP contribution < -0.4 is 0 Å². The summed E-state index contributed by atoms with van der Waals surface area (Å²) in [6.45, 7) is 3.67. The first-order chi connectivity index (χ1) is 16.3. The highest BCUT2D eigenvalue weighted by molar-refractivity contribution is 6.31. The molecule has 4 N–H and O–H groups in total. The second-order valence-electron chi connectivity index (χ2n) is 8.99. The number of rotatable bonds is 6. The molecule has 1 heterocycles. The zero-order valence-corrected chi connectivity index (χ0v) is 20.2. The summed E-state index contributed by atoms with van der Waals surface area (Å²) in [5.41, 5.74) is 3.89. The van der Waals surface area contributed by atoms with Gasteiger partial charge in [0.05, 0.1) is 6.61 Å². The van der Waals surface area contributed by atoms with Crippen molar-refractivity contribution >= 4 is 17.8 Å². The summed E-state index contributed by atoms with van der Waals surface area (Å²) >= 11 is 6.62. The Hall–Kier alpha value is -2.16. The van der Waals surface area contributed by atoms with Gasteiger partial charge in [-0.05, 0) is 60.6 Å². The lowest BCUT2D eigenvalue weighted by Gasteiger charge is -2.43. The number of aryl methyl sites for hydroxylation is 2. The Bertz CT molecular complexity index is 1020. The van der Waals surface area contributed by atoms with E-state index in [1.807, 2.05) is 12.1 Å². The molecule has 1 fully saturated rings. The molecule has 0 unspecified atom stereocenters. The molecule has 1 aliphatic carbocycles. The maximum atomic E-state index is 11.7. The van der Waals surface area contributed by atoms with Crippen LogP contribution in [-0.2, 0) is 34.3 Å². The minimum Gasteiger partial charge on any atom is -0.435 e. The summed E-state index contributed by atoms with van der Waals surface area (Å²) in [6.07, 6.45) is -3.24. The van der Waals surface area contributed by atoms with Crippen molar-refractivity contribution < 1.29 is 34.3 Å². The zero-order valence-electron chi connectivity index (χ0n) is 19.4. The molecule has 0 amide bonds. The van der Waals surface area contributed by atoms with E-state index in [1.165, 1.54) is 5.56 Å². The van der Waals surface area contributed by atoms with Gasteiger partial charge in [-0.2, -0.15) is 0 Å². The second-order valence-corrected chi connectivity index (χ2v) is 9.40. The van der Waals surface area contributed by atoms with Gasteiger partial charge in [-0.25, -0.2) is 4.79 Å². The molecule has 2 aromatic rings. The minimum atomic E-state index is -1.44. The van der Waals surface area contributed by atoms with Crippen LogP contribution in [0.5, 0.6) is 0 Å². The average molecular weight is 492 g/mol. The Kier molecular flexibility index (Phi) is 7.50. The largest absolute Gasteiger partial charge is 0.508 e. The van der Waals surface area contributed by atoms with E-state index >= 15 is 0 Å². The topological polar surface area (TPSA) is 109 Å². The first kappa shape index (κ1) is 24.9. The smallest absolute Gasteiger partial charge is 0.435 e. The Labute approximate surface area is 204 Å². The number of benzene rings is 2. The van der Waals surface area contributed by atoms with Gasteiger partial charge >= 0.3 is 6.16 Å². The van der Waals surface area contributed by atoms with Crippen molar-refractivity contribution in [1.82, 2.24) is 0 Å². The predicted molar refractivity (Wildman–Crippen MR) is 127 cm³/mol. The van der Waals surface area contributed by atoms with Crippen LogP contribution in [0.1, 0.15) is 48.1 Å². The molecule has 1 aliphatic heterocycles. The van der Waals surface area contributed by atoms with Gasteiger partial charge in [-0.3, -0.25) is 0 Å². The monoisotopic (exact) mass is 491 g/mol. The normalized spacial score (nSPS) is 28.1. The molecule has 0 aromatic heterocycles. The summed E-state index contributed by atoms with van der Waals surface area (Å²) in [4.78, 5) is 11.7. The molecule has 7 nitrogen and oxygen atoms in total. The van der Waals surface area contributed by atoms with Crippen LogP contribution in [0, 0.1) is 0 Å². The molecule has 0 radical (unpaired) electrons. The number of carbonyl (C=O) groups excluding carboxylic acids is 1. The fraction of sp³-hybridized carbons (Fsp3) is 0.500. The third kappa shape index (κ3) is 4.68. The lowest BCUT2D eigenvalue weighted by atomic mass is 9.80. The number of aliphatic hydroxyl groups excluding tert-OH is 3. The van der Waals surface area contributed by atoms with Gasteiger partial charge in [0.2, 0.25) is 11.7 Å². The van der Waals surface area contributed by atoms with Crippen LogP contribution in [0.25, 0.3) is 0 Å². The third-order valence-corrected chi connectivity index (χ3v) is 7.28. The van der Waals surface area contributed by atoms with E-state index in [1.54, 1.807) is 6.92 Å². The first-order valence-electron chi connectivity index (χ1n) is 11.7. The van der Waals surface area contributed by atoms with Crippen molar-refractivity contribution in [3.63, 3.8) is 0 Å². The molecule has 1 spiro atoms. The summed E-state index contributed by atoms with van der Waals surface area (Å²) in [5.74, 6) is 0. The van der Waals surface area contributed by atoms with Crippen molar-refractivity contribution in [3.05, 3.63) is 69.2 Å². The van der Waals surface area contributed by atoms with E-state index in [0.29, 0.717) is 24.3 Å². The van der Waals surface area contributed by atoms with Crippen LogP contribution in [0.4, 0.5) is 4.79 Å². The Morgan fingerprint density at radius 2 is 1.79 bits per heavy atom. The minimum absolute atomic E-state index is 0.159. The number of fused-ring (bicyclic) bond motifs is 2. The SMILES string of the molecule is CCOC(=O)OC[C@H]1[OH+][C@]2(CCc3cc(Cl)c(Cc4ccc(CC)cc4)cc32)[C@H](O)[C@@H](O)[C@@H]1O. The number of halogens is 1. The quantitative estimate of drug-likeness (QED) is 0.423. The Balaban J connectivity index is 1.63. The molecule has 4 rings (SSSR count). The fourth-order valence-corrected chi connectivity index (χ4v) is 5.27. The predicted octanol–water partition coefficient (Wildman–Crippen LogP) is 2.80. The first-order valence-corrected chi connectivity index (χ1v) is 12.1. The highest BCUT2D eigenvalue weighted by Gasteiger charge is 2.61. The van der Waals surface area contributed by atoms with E-state index in [2.05, 4.69) is 31.2 Å². The number of ether oxygens (including phenoxy) is 3. The van der Waals surface area contributed by atoms with Crippen molar-refractivity contribution in [2.45, 2.75) is 69.5 Å². The Morgan fingerprint density at radius 3 is 2.47 bits per heavy atom. The summed E-state index contributed by atoms with van der Waals surface area (Å²) in [6, 6.07) is 12.2. The maximum Gasteiger partial charge on any atom is 0.508 e. The van der Waals surface area contributed by atoms with E-state index in [0.717, 1.165) is 28.7 Å². The van der Waals surface area contributed by atoms with Crippen molar-refractivity contribution in [1.29, 1.82) is 0 Å². The van der Waals surface area contributed by atoms with Gasteiger partial charge in [0.15, 0.2) is 18.8 Å². The average Bonchev–Trinajstić information content (AvgIpc) is 3.18. The van der Waals surface area contributed by atoms with Crippen molar-refractivity contribution in [3.8, 4) is 0 Å². The van der Waals surface area contributed by atoms with Gasteiger partial charge in [0.25, 0.3) is 0 Å². The molecule has 1 saturated heterocycles. The number of carbonyl (C=O) groups is 1. The molecule has 184 valence electrons. The highest BCUT2D eigenvalue weighted by Crippen LogP contribution is 2.47. The summed E-state index contributed by atoms with van der Waals surface area (Å²) < 4.78 is 14.6. The van der Waals surface area contributed by atoms with Gasteiger partial charge in [0.1, 0.15) is 6.10 Å². The second kappa shape index (κ2) is 10.2. The van der Waals surface area contributed by atoms with Crippen LogP contribution in [0.15, 0.2) is 36.4 Å². The van der Waals surface area contributed by atoms with Crippen LogP contribution in [0.3, 0.4) is 0 Å². The molecule has 8 heteroatoms. The lowest BCUT2D eigenvalue weighted by molar-refractivity contribution is -0.356. The van der Waals surface area contributed by atoms with E-state index in [4.69, 9.17) is 25.8 Å². The lowest BCUT2D eigenvalue weighted by Crippen LogP contribution is -2.65. The molecule has 0 saturated carbocycles. The van der Waals surface area contributed by atoms with Crippen molar-refractivity contribution in [2.75, 3.05) is 13.2 Å². The molecular weight excluding hydrogens is 460 g/mol. The van der Waals surface area contributed by atoms with Crippen LogP contribution in [0.2, 0.25) is 5.02 Å². The van der Waals surface area contributed by atoms with E-state index < -0.39 is 36.2 Å². The van der Waals surface area contributed by atoms with Gasteiger partial charge < -0.3 is 29.5 Å². The maximum absolute atomic E-state index is 11.7. The molecule has 5 atom stereocenters. The molecule has 2 aliphatic rings. The van der Waals surface area contributed by atoms with Gasteiger partial charge in [-0.15, -0.1) is 0 Å². The zero-order chi connectivity index (χ0) is 24.5. The van der Waals surface area contributed by atoms with Gasteiger partial charge in [-0.1, -0.05) is 42.8 Å². The molecule has 2 aromatic carbocycles. The summed E-state index contributed by atoms with van der Waals surface area (Å²) in [5, 5.41) is 32.9. The molecule has 0 bridgehead atoms. The number of hydrogen-bond acceptors (Lipinski definition) is 6. The van der Waals surface area contributed by atoms with Crippen LogP contribution >= 0.6 is 11.6 Å². The summed E-state index contributed by atoms with van der Waals surface area (Å²) in [7, 11) is 0.